The Morgan fingerprint density at radius 1 is 1.38 bits per heavy atom. The lowest BCUT2D eigenvalue weighted by Crippen LogP contribution is -2.54. The van der Waals surface area contributed by atoms with Gasteiger partial charge in [-0.1, -0.05) is 0 Å². The highest BCUT2D eigenvalue weighted by molar-refractivity contribution is 5.57. The van der Waals surface area contributed by atoms with Crippen molar-refractivity contribution in [3.63, 3.8) is 0 Å². The second-order valence-electron chi connectivity index (χ2n) is 5.27. The summed E-state index contributed by atoms with van der Waals surface area (Å²) in [5.41, 5.74) is -1.76. The van der Waals surface area contributed by atoms with Gasteiger partial charge in [0.2, 0.25) is 0 Å². The Balaban J connectivity index is 2.44. The fourth-order valence-corrected chi connectivity index (χ4v) is 2.47. The third kappa shape index (κ3) is 3.26. The number of nitro groups is 1. The molecule has 1 N–H and O–H groups in total. The number of benzene rings is 1. The Bertz CT molecular complexity index is 548. The van der Waals surface area contributed by atoms with Crippen molar-refractivity contribution in [1.82, 2.24) is 5.32 Å². The molecule has 0 spiro atoms. The van der Waals surface area contributed by atoms with Gasteiger partial charge >= 0.3 is 6.18 Å². The molecule has 1 aliphatic heterocycles. The Labute approximate surface area is 119 Å². The highest BCUT2D eigenvalue weighted by Gasteiger charge is 2.39. The van der Waals surface area contributed by atoms with Gasteiger partial charge in [-0.25, -0.2) is 0 Å². The summed E-state index contributed by atoms with van der Waals surface area (Å²) in [5.74, 6) is 0. The number of nitro benzene ring substituents is 1. The Morgan fingerprint density at radius 2 is 2.05 bits per heavy atom. The van der Waals surface area contributed by atoms with Gasteiger partial charge in [-0.3, -0.25) is 10.1 Å². The van der Waals surface area contributed by atoms with Crippen LogP contribution < -0.4 is 10.2 Å². The number of nitrogens with zero attached hydrogens (tertiary/aromatic N) is 2. The molecule has 0 bridgehead atoms. The van der Waals surface area contributed by atoms with Crippen molar-refractivity contribution >= 4 is 11.4 Å². The smallest absolute Gasteiger partial charge is 0.366 e. The molecule has 1 saturated heterocycles. The highest BCUT2D eigenvalue weighted by Crippen LogP contribution is 2.38. The van der Waals surface area contributed by atoms with E-state index in [4.69, 9.17) is 0 Å². The van der Waals surface area contributed by atoms with Crippen LogP contribution in [0.2, 0.25) is 0 Å². The summed E-state index contributed by atoms with van der Waals surface area (Å²) < 4.78 is 39.0. The third-order valence-electron chi connectivity index (χ3n) is 3.58. The van der Waals surface area contributed by atoms with E-state index >= 15 is 0 Å². The maximum absolute atomic E-state index is 13.0. The first-order valence-corrected chi connectivity index (χ1v) is 6.56. The van der Waals surface area contributed by atoms with Gasteiger partial charge in [0.05, 0.1) is 4.92 Å². The van der Waals surface area contributed by atoms with Crippen LogP contribution in [0.25, 0.3) is 0 Å². The molecule has 0 radical (unpaired) electrons. The molecule has 5 nitrogen and oxygen atoms in total. The zero-order valence-electron chi connectivity index (χ0n) is 11.6. The van der Waals surface area contributed by atoms with Crippen molar-refractivity contribution in [2.24, 2.45) is 0 Å². The molecular formula is C13H16F3N3O2. The Kier molecular flexibility index (Phi) is 4.08. The summed E-state index contributed by atoms with van der Waals surface area (Å²) in [4.78, 5) is 11.6. The maximum atomic E-state index is 13.0. The van der Waals surface area contributed by atoms with E-state index in [-0.39, 0.29) is 12.1 Å². The zero-order valence-corrected chi connectivity index (χ0v) is 11.6. The van der Waals surface area contributed by atoms with Gasteiger partial charge in [0.25, 0.3) is 5.69 Å². The molecule has 1 aliphatic rings. The average molecular weight is 303 g/mol. The zero-order chi connectivity index (χ0) is 15.8. The van der Waals surface area contributed by atoms with Crippen molar-refractivity contribution in [3.8, 4) is 0 Å². The van der Waals surface area contributed by atoms with Crippen LogP contribution >= 0.6 is 0 Å². The van der Waals surface area contributed by atoms with Crippen molar-refractivity contribution in [3.05, 3.63) is 33.9 Å². The number of anilines is 1. The van der Waals surface area contributed by atoms with Crippen molar-refractivity contribution in [2.45, 2.75) is 32.1 Å². The minimum atomic E-state index is -4.75. The second kappa shape index (κ2) is 5.51. The van der Waals surface area contributed by atoms with Crippen LogP contribution in [0, 0.1) is 10.1 Å². The molecule has 2 unspecified atom stereocenters. The van der Waals surface area contributed by atoms with Gasteiger partial charge in [0.15, 0.2) is 0 Å². The fraction of sp³-hybridized carbons (Fsp3) is 0.538. The van der Waals surface area contributed by atoms with E-state index < -0.39 is 22.4 Å². The third-order valence-corrected chi connectivity index (χ3v) is 3.58. The van der Waals surface area contributed by atoms with Gasteiger partial charge in [-0.2, -0.15) is 13.2 Å². The van der Waals surface area contributed by atoms with Crippen LogP contribution in [0.1, 0.15) is 19.4 Å². The first kappa shape index (κ1) is 15.6. The lowest BCUT2D eigenvalue weighted by molar-refractivity contribution is -0.388. The lowest BCUT2D eigenvalue weighted by Gasteiger charge is -2.39. The fourth-order valence-electron chi connectivity index (χ4n) is 2.47. The van der Waals surface area contributed by atoms with Crippen molar-refractivity contribution < 1.29 is 18.1 Å². The van der Waals surface area contributed by atoms with Crippen LogP contribution in [0.3, 0.4) is 0 Å². The molecule has 1 aromatic carbocycles. The number of rotatable bonds is 2. The van der Waals surface area contributed by atoms with Crippen LogP contribution in [0.5, 0.6) is 0 Å². The molecule has 1 fully saturated rings. The molecule has 1 heterocycles. The van der Waals surface area contributed by atoms with E-state index in [1.807, 2.05) is 18.7 Å². The van der Waals surface area contributed by atoms with E-state index in [1.54, 1.807) is 0 Å². The van der Waals surface area contributed by atoms with Crippen LogP contribution in [-0.4, -0.2) is 30.1 Å². The molecule has 0 aromatic heterocycles. The quantitative estimate of drug-likeness (QED) is 0.674. The van der Waals surface area contributed by atoms with E-state index in [0.29, 0.717) is 18.8 Å². The Hall–Kier alpha value is -1.83. The summed E-state index contributed by atoms with van der Waals surface area (Å²) >= 11 is 0. The van der Waals surface area contributed by atoms with E-state index in [2.05, 4.69) is 5.32 Å². The average Bonchev–Trinajstić information content (AvgIpc) is 2.40. The van der Waals surface area contributed by atoms with Gasteiger partial charge in [-0.05, 0) is 26.0 Å². The van der Waals surface area contributed by atoms with Crippen LogP contribution in [0.15, 0.2) is 18.2 Å². The SMILES string of the molecule is CC1CN(c2ccc([N+](=O)[O-])c(C(F)(F)F)c2)C(C)CN1. The first-order valence-electron chi connectivity index (χ1n) is 6.56. The first-order chi connectivity index (χ1) is 9.70. The monoisotopic (exact) mass is 303 g/mol. The number of halogens is 3. The molecule has 2 atom stereocenters. The molecule has 116 valence electrons. The molecular weight excluding hydrogens is 287 g/mol. The molecule has 0 amide bonds. The van der Waals surface area contributed by atoms with Crippen molar-refractivity contribution in [1.29, 1.82) is 0 Å². The summed E-state index contributed by atoms with van der Waals surface area (Å²) in [6.07, 6.45) is -4.75. The standard InChI is InChI=1S/C13H16F3N3O2/c1-8-7-18(9(2)6-17-8)10-3-4-12(19(20)21)11(5-10)13(14,15)16/h3-5,8-9,17H,6-7H2,1-2H3. The van der Waals surface area contributed by atoms with Gasteiger partial charge in [0.1, 0.15) is 5.56 Å². The van der Waals surface area contributed by atoms with Gasteiger partial charge in [0, 0.05) is 36.9 Å². The normalized spacial score (nSPS) is 23.2. The van der Waals surface area contributed by atoms with Gasteiger partial charge in [-0.15, -0.1) is 0 Å². The second-order valence-corrected chi connectivity index (χ2v) is 5.27. The van der Waals surface area contributed by atoms with Crippen LogP contribution in [-0.2, 0) is 6.18 Å². The molecule has 1 aromatic rings. The predicted octanol–water partition coefficient (Wildman–Crippen LogP) is 2.80. The van der Waals surface area contributed by atoms with Crippen LogP contribution in [0.4, 0.5) is 24.5 Å². The Morgan fingerprint density at radius 3 is 2.62 bits per heavy atom. The number of hydrogen-bond donors (Lipinski definition) is 1. The van der Waals surface area contributed by atoms with E-state index in [9.17, 15) is 23.3 Å². The number of hydrogen-bond acceptors (Lipinski definition) is 4. The summed E-state index contributed by atoms with van der Waals surface area (Å²) in [7, 11) is 0. The number of nitrogens with one attached hydrogen (secondary N) is 1. The van der Waals surface area contributed by atoms with E-state index in [0.717, 1.165) is 12.1 Å². The topological polar surface area (TPSA) is 58.4 Å². The molecule has 21 heavy (non-hydrogen) atoms. The van der Waals surface area contributed by atoms with E-state index in [1.165, 1.54) is 6.07 Å². The minimum Gasteiger partial charge on any atom is -0.366 e. The largest absolute Gasteiger partial charge is 0.423 e. The summed E-state index contributed by atoms with van der Waals surface area (Å²) in [5, 5.41) is 14.0. The maximum Gasteiger partial charge on any atom is 0.423 e. The lowest BCUT2D eigenvalue weighted by atomic mass is 10.1. The van der Waals surface area contributed by atoms with Gasteiger partial charge < -0.3 is 10.2 Å². The summed E-state index contributed by atoms with van der Waals surface area (Å²) in [6.45, 7) is 5.04. The van der Waals surface area contributed by atoms with Crippen molar-refractivity contribution in [2.75, 3.05) is 18.0 Å². The highest BCUT2D eigenvalue weighted by atomic mass is 19.4. The number of piperazine rings is 1. The number of alkyl halides is 3. The minimum absolute atomic E-state index is 0.0174. The molecule has 0 aliphatic carbocycles. The molecule has 2 rings (SSSR count). The molecule has 0 saturated carbocycles. The molecule has 8 heteroatoms. The summed E-state index contributed by atoms with van der Waals surface area (Å²) in [6, 6.07) is 3.33. The predicted molar refractivity (Wildman–Crippen MR) is 72.4 cm³/mol.